The number of halogens is 1. The first kappa shape index (κ1) is 18.7. The first-order valence-corrected chi connectivity index (χ1v) is 9.77. The number of hydrogen-bond acceptors (Lipinski definition) is 5. The quantitative estimate of drug-likeness (QED) is 0.811. The monoisotopic (exact) mass is 380 g/mol. The predicted octanol–water partition coefficient (Wildman–Crippen LogP) is 3.59. The molecular formula is C22H25FN4O. The van der Waals surface area contributed by atoms with Gasteiger partial charge in [-0.2, -0.15) is 5.26 Å². The Balaban J connectivity index is 1.46. The minimum atomic E-state index is -0.175. The van der Waals surface area contributed by atoms with Gasteiger partial charge in [0.2, 0.25) is 0 Å². The summed E-state index contributed by atoms with van der Waals surface area (Å²) in [5.74, 6) is 1.40. The highest BCUT2D eigenvalue weighted by atomic mass is 19.1. The minimum absolute atomic E-state index is 0.175. The number of aromatic nitrogens is 1. The fourth-order valence-corrected chi connectivity index (χ4v) is 4.61. The van der Waals surface area contributed by atoms with Crippen LogP contribution in [0.1, 0.15) is 30.4 Å². The number of benzene rings is 1. The van der Waals surface area contributed by atoms with Gasteiger partial charge in [0.25, 0.3) is 0 Å². The lowest BCUT2D eigenvalue weighted by Gasteiger charge is -2.40. The van der Waals surface area contributed by atoms with Gasteiger partial charge in [0, 0.05) is 43.4 Å². The molecule has 1 aromatic heterocycles. The van der Waals surface area contributed by atoms with Crippen LogP contribution in [-0.2, 0) is 6.54 Å². The molecule has 28 heavy (non-hydrogen) atoms. The Bertz CT molecular complexity index is 896. The number of rotatable bonds is 4. The molecule has 2 aliphatic heterocycles. The second kappa shape index (κ2) is 7.76. The van der Waals surface area contributed by atoms with E-state index in [0.717, 1.165) is 44.8 Å². The summed E-state index contributed by atoms with van der Waals surface area (Å²) in [6.45, 7) is 4.43. The highest BCUT2D eigenvalue weighted by Gasteiger charge is 2.41. The van der Waals surface area contributed by atoms with Crippen LogP contribution in [0.4, 0.5) is 10.2 Å². The number of nitrogens with zero attached hydrogens (tertiary/aromatic N) is 4. The standard InChI is InChI=1S/C22H25FN4O/c1-28-19-3-4-20(23)18(12-19)14-26-9-2-6-22(15-26)7-10-27(16-22)21-11-17(13-24)5-8-25-21/h3-5,8,11-12H,2,6-7,9-10,14-16H2,1H3. The van der Waals surface area contributed by atoms with E-state index >= 15 is 0 Å². The Kier molecular flexibility index (Phi) is 5.19. The maximum Gasteiger partial charge on any atom is 0.129 e. The summed E-state index contributed by atoms with van der Waals surface area (Å²) in [5, 5.41) is 9.14. The molecule has 6 heteroatoms. The molecule has 4 rings (SSSR count). The molecular weight excluding hydrogens is 355 g/mol. The van der Waals surface area contributed by atoms with E-state index in [2.05, 4.69) is 20.9 Å². The fourth-order valence-electron chi connectivity index (χ4n) is 4.61. The molecule has 0 radical (unpaired) electrons. The predicted molar refractivity (Wildman–Crippen MR) is 106 cm³/mol. The van der Waals surface area contributed by atoms with Crippen LogP contribution >= 0.6 is 0 Å². The molecule has 2 aliphatic rings. The van der Waals surface area contributed by atoms with Gasteiger partial charge in [-0.25, -0.2) is 9.37 Å². The molecule has 2 saturated heterocycles. The molecule has 0 amide bonds. The molecule has 1 aromatic carbocycles. The molecule has 146 valence electrons. The molecule has 1 spiro atoms. The molecule has 2 fully saturated rings. The van der Waals surface area contributed by atoms with Gasteiger partial charge in [0.1, 0.15) is 17.4 Å². The number of ether oxygens (including phenoxy) is 1. The van der Waals surface area contributed by atoms with Gasteiger partial charge in [0.15, 0.2) is 0 Å². The van der Waals surface area contributed by atoms with Crippen LogP contribution in [0.25, 0.3) is 0 Å². The highest BCUT2D eigenvalue weighted by molar-refractivity contribution is 5.46. The van der Waals surface area contributed by atoms with Crippen LogP contribution < -0.4 is 9.64 Å². The van der Waals surface area contributed by atoms with Gasteiger partial charge >= 0.3 is 0 Å². The third-order valence-corrected chi connectivity index (χ3v) is 6.02. The number of piperidine rings is 1. The zero-order valence-corrected chi connectivity index (χ0v) is 16.2. The van der Waals surface area contributed by atoms with Crippen LogP contribution in [0.3, 0.4) is 0 Å². The summed E-state index contributed by atoms with van der Waals surface area (Å²) in [5.41, 5.74) is 1.54. The minimum Gasteiger partial charge on any atom is -0.497 e. The van der Waals surface area contributed by atoms with Crippen molar-refractivity contribution in [1.82, 2.24) is 9.88 Å². The molecule has 1 atom stereocenters. The van der Waals surface area contributed by atoms with Gasteiger partial charge < -0.3 is 9.64 Å². The van der Waals surface area contributed by atoms with E-state index in [-0.39, 0.29) is 11.2 Å². The van der Waals surface area contributed by atoms with Gasteiger partial charge in [-0.3, -0.25) is 4.90 Å². The van der Waals surface area contributed by atoms with E-state index in [4.69, 9.17) is 10.00 Å². The number of hydrogen-bond donors (Lipinski definition) is 0. The second-order valence-corrected chi connectivity index (χ2v) is 7.96. The largest absolute Gasteiger partial charge is 0.497 e. The summed E-state index contributed by atoms with van der Waals surface area (Å²) in [6.07, 6.45) is 5.10. The molecule has 0 aliphatic carbocycles. The Morgan fingerprint density at radius 2 is 2.11 bits per heavy atom. The van der Waals surface area contributed by atoms with E-state index in [1.165, 1.54) is 12.5 Å². The topological polar surface area (TPSA) is 52.4 Å². The lowest BCUT2D eigenvalue weighted by Crippen LogP contribution is -2.44. The number of likely N-dealkylation sites (tertiary alicyclic amines) is 1. The van der Waals surface area contributed by atoms with Crippen molar-refractivity contribution in [3.05, 3.63) is 53.5 Å². The molecule has 3 heterocycles. The van der Waals surface area contributed by atoms with Gasteiger partial charge in [-0.05, 0) is 56.1 Å². The Labute approximate surface area is 165 Å². The molecule has 5 nitrogen and oxygen atoms in total. The smallest absolute Gasteiger partial charge is 0.129 e. The number of methoxy groups -OCH3 is 1. The summed E-state index contributed by atoms with van der Waals surface area (Å²) in [7, 11) is 1.61. The molecule has 2 aromatic rings. The van der Waals surface area contributed by atoms with Gasteiger partial charge in [-0.15, -0.1) is 0 Å². The number of nitriles is 1. The fraction of sp³-hybridized carbons (Fsp3) is 0.455. The van der Waals surface area contributed by atoms with E-state index < -0.39 is 0 Å². The number of anilines is 1. The second-order valence-electron chi connectivity index (χ2n) is 7.96. The van der Waals surface area contributed by atoms with Crippen molar-refractivity contribution in [3.63, 3.8) is 0 Å². The Morgan fingerprint density at radius 3 is 2.93 bits per heavy atom. The summed E-state index contributed by atoms with van der Waals surface area (Å²) in [4.78, 5) is 9.12. The maximum absolute atomic E-state index is 14.3. The van der Waals surface area contributed by atoms with Crippen LogP contribution in [0.5, 0.6) is 5.75 Å². The van der Waals surface area contributed by atoms with Gasteiger partial charge in [0.05, 0.1) is 18.7 Å². The third kappa shape index (κ3) is 3.81. The number of pyridine rings is 1. The summed E-state index contributed by atoms with van der Waals surface area (Å²) < 4.78 is 19.5. The third-order valence-electron chi connectivity index (χ3n) is 6.02. The van der Waals surface area contributed by atoms with Crippen LogP contribution in [0.2, 0.25) is 0 Å². The van der Waals surface area contributed by atoms with Crippen molar-refractivity contribution in [2.45, 2.75) is 25.8 Å². The van der Waals surface area contributed by atoms with E-state index in [1.54, 1.807) is 31.5 Å². The van der Waals surface area contributed by atoms with Crippen molar-refractivity contribution in [2.75, 3.05) is 38.2 Å². The van der Waals surface area contributed by atoms with Crippen LogP contribution in [0, 0.1) is 22.6 Å². The molecule has 0 bridgehead atoms. The zero-order chi connectivity index (χ0) is 19.6. The lowest BCUT2D eigenvalue weighted by atomic mass is 9.79. The first-order valence-electron chi connectivity index (χ1n) is 9.77. The van der Waals surface area contributed by atoms with Crippen molar-refractivity contribution in [2.24, 2.45) is 5.41 Å². The van der Waals surface area contributed by atoms with E-state index in [1.807, 2.05) is 6.07 Å². The normalized spacial score (nSPS) is 22.4. The van der Waals surface area contributed by atoms with Crippen LogP contribution in [-0.4, -0.2) is 43.2 Å². The Hall–Kier alpha value is -2.65. The van der Waals surface area contributed by atoms with E-state index in [9.17, 15) is 4.39 Å². The highest BCUT2D eigenvalue weighted by Crippen LogP contribution is 2.40. The van der Waals surface area contributed by atoms with Gasteiger partial charge in [-0.1, -0.05) is 0 Å². The average Bonchev–Trinajstić information content (AvgIpc) is 3.13. The zero-order valence-electron chi connectivity index (χ0n) is 16.2. The average molecular weight is 380 g/mol. The maximum atomic E-state index is 14.3. The van der Waals surface area contributed by atoms with Crippen molar-refractivity contribution >= 4 is 5.82 Å². The Morgan fingerprint density at radius 1 is 1.21 bits per heavy atom. The van der Waals surface area contributed by atoms with Crippen LogP contribution in [0.15, 0.2) is 36.5 Å². The van der Waals surface area contributed by atoms with Crippen molar-refractivity contribution < 1.29 is 9.13 Å². The summed E-state index contributed by atoms with van der Waals surface area (Å²) in [6, 6.07) is 10.7. The molecule has 0 N–H and O–H groups in total. The SMILES string of the molecule is COc1ccc(F)c(CN2CCCC3(CCN(c4cc(C#N)ccn4)C3)C2)c1. The first-order chi connectivity index (χ1) is 13.6. The molecule has 1 unspecified atom stereocenters. The van der Waals surface area contributed by atoms with Crippen molar-refractivity contribution in [3.8, 4) is 11.8 Å². The van der Waals surface area contributed by atoms with Crippen molar-refractivity contribution in [1.29, 1.82) is 5.26 Å². The lowest BCUT2D eigenvalue weighted by molar-refractivity contribution is 0.0981. The molecule has 0 saturated carbocycles. The van der Waals surface area contributed by atoms with E-state index in [0.29, 0.717) is 23.4 Å². The summed E-state index contributed by atoms with van der Waals surface area (Å²) >= 11 is 0.